The van der Waals surface area contributed by atoms with Gasteiger partial charge in [-0.05, 0) is 60.6 Å². The molecule has 0 saturated heterocycles. The van der Waals surface area contributed by atoms with Crippen LogP contribution in [0.3, 0.4) is 0 Å². The van der Waals surface area contributed by atoms with Crippen LogP contribution in [0.1, 0.15) is 40.0 Å². The SMILES string of the molecule is COC(=O)c1n[nH]c2ccc(NC(=O)Cc3ccc4c(c3)CCCC4)cc12. The largest absolute Gasteiger partial charge is 0.464 e. The Hall–Kier alpha value is -3.15. The second-order valence-electron chi connectivity index (χ2n) is 6.86. The second-order valence-corrected chi connectivity index (χ2v) is 6.86. The van der Waals surface area contributed by atoms with Gasteiger partial charge in [-0.25, -0.2) is 4.79 Å². The molecule has 6 heteroatoms. The summed E-state index contributed by atoms with van der Waals surface area (Å²) in [4.78, 5) is 24.3. The number of fused-ring (bicyclic) bond motifs is 2. The first-order chi connectivity index (χ1) is 13.1. The molecule has 0 unspecified atom stereocenters. The highest BCUT2D eigenvalue weighted by Crippen LogP contribution is 2.24. The van der Waals surface area contributed by atoms with Crippen molar-refractivity contribution in [3.05, 3.63) is 58.8 Å². The summed E-state index contributed by atoms with van der Waals surface area (Å²) in [6.07, 6.45) is 5.01. The monoisotopic (exact) mass is 363 g/mol. The van der Waals surface area contributed by atoms with E-state index < -0.39 is 5.97 Å². The van der Waals surface area contributed by atoms with Gasteiger partial charge in [0.05, 0.1) is 19.0 Å². The van der Waals surface area contributed by atoms with E-state index in [4.69, 9.17) is 4.74 Å². The number of carbonyl (C=O) groups excluding carboxylic acids is 2. The van der Waals surface area contributed by atoms with Gasteiger partial charge >= 0.3 is 5.97 Å². The van der Waals surface area contributed by atoms with Crippen LogP contribution in [-0.2, 0) is 28.8 Å². The number of aromatic nitrogens is 2. The lowest BCUT2D eigenvalue weighted by Crippen LogP contribution is -2.15. The van der Waals surface area contributed by atoms with Crippen molar-refractivity contribution in [1.82, 2.24) is 10.2 Å². The number of carbonyl (C=O) groups is 2. The molecule has 1 aliphatic carbocycles. The number of methoxy groups -OCH3 is 1. The highest BCUT2D eigenvalue weighted by Gasteiger charge is 2.16. The smallest absolute Gasteiger partial charge is 0.359 e. The summed E-state index contributed by atoms with van der Waals surface area (Å²) in [6.45, 7) is 0. The number of esters is 1. The van der Waals surface area contributed by atoms with Crippen LogP contribution >= 0.6 is 0 Å². The van der Waals surface area contributed by atoms with Gasteiger partial charge in [0.25, 0.3) is 0 Å². The predicted molar refractivity (Wildman–Crippen MR) is 103 cm³/mol. The maximum atomic E-state index is 12.5. The van der Waals surface area contributed by atoms with Gasteiger partial charge in [-0.3, -0.25) is 9.89 Å². The molecule has 1 aromatic heterocycles. The van der Waals surface area contributed by atoms with Gasteiger partial charge in [0.1, 0.15) is 0 Å². The zero-order valence-electron chi connectivity index (χ0n) is 15.2. The molecular formula is C21H21N3O3. The summed E-state index contributed by atoms with van der Waals surface area (Å²) < 4.78 is 4.74. The minimum absolute atomic E-state index is 0.0896. The number of hydrogen-bond acceptors (Lipinski definition) is 4. The van der Waals surface area contributed by atoms with Crippen molar-refractivity contribution in [1.29, 1.82) is 0 Å². The Labute approximate surface area is 156 Å². The Morgan fingerprint density at radius 1 is 1.11 bits per heavy atom. The number of aromatic amines is 1. The molecule has 4 rings (SSSR count). The Kier molecular flexibility index (Phi) is 4.62. The number of anilines is 1. The highest BCUT2D eigenvalue weighted by molar-refractivity contribution is 6.04. The molecule has 0 aliphatic heterocycles. The van der Waals surface area contributed by atoms with Crippen LogP contribution in [0.5, 0.6) is 0 Å². The summed E-state index contributed by atoms with van der Waals surface area (Å²) >= 11 is 0. The first kappa shape index (κ1) is 17.3. The average Bonchev–Trinajstić information content (AvgIpc) is 3.10. The third kappa shape index (κ3) is 3.56. The molecule has 2 aromatic carbocycles. The standard InChI is InChI=1S/C21H21N3O3/c1-27-21(26)20-17-12-16(8-9-18(17)23-24-20)22-19(25)11-13-6-7-14-4-2-3-5-15(14)10-13/h6-10,12H,2-5,11H2,1H3,(H,22,25)(H,23,24). The third-order valence-electron chi connectivity index (χ3n) is 5.00. The Balaban J connectivity index is 1.50. The maximum absolute atomic E-state index is 12.5. The lowest BCUT2D eigenvalue weighted by atomic mass is 9.90. The van der Waals surface area contributed by atoms with E-state index in [2.05, 4.69) is 27.6 Å². The van der Waals surface area contributed by atoms with Gasteiger partial charge in [0.15, 0.2) is 5.69 Å². The molecule has 0 spiro atoms. The van der Waals surface area contributed by atoms with E-state index in [0.29, 0.717) is 23.0 Å². The van der Waals surface area contributed by atoms with E-state index in [1.54, 1.807) is 18.2 Å². The van der Waals surface area contributed by atoms with Crippen LogP contribution in [0.2, 0.25) is 0 Å². The molecule has 1 amide bonds. The Morgan fingerprint density at radius 3 is 2.74 bits per heavy atom. The number of ether oxygens (including phenoxy) is 1. The summed E-state index contributed by atoms with van der Waals surface area (Å²) in [5.41, 5.74) is 5.34. The van der Waals surface area contributed by atoms with Crippen LogP contribution in [0.25, 0.3) is 10.9 Å². The van der Waals surface area contributed by atoms with Crippen LogP contribution in [0.4, 0.5) is 5.69 Å². The van der Waals surface area contributed by atoms with Crippen LogP contribution in [-0.4, -0.2) is 29.2 Å². The number of H-pyrrole nitrogens is 1. The molecule has 0 atom stereocenters. The Bertz CT molecular complexity index is 1020. The molecule has 0 radical (unpaired) electrons. The molecule has 0 saturated carbocycles. The zero-order valence-corrected chi connectivity index (χ0v) is 15.2. The van der Waals surface area contributed by atoms with Gasteiger partial charge in [-0.2, -0.15) is 5.10 Å². The van der Waals surface area contributed by atoms with E-state index in [1.807, 2.05) is 6.07 Å². The number of aryl methyl sites for hydroxylation is 2. The summed E-state index contributed by atoms with van der Waals surface area (Å²) in [7, 11) is 1.31. The molecule has 27 heavy (non-hydrogen) atoms. The van der Waals surface area contributed by atoms with Crippen molar-refractivity contribution in [3.8, 4) is 0 Å². The van der Waals surface area contributed by atoms with Crippen molar-refractivity contribution in [2.75, 3.05) is 12.4 Å². The molecule has 0 fully saturated rings. The number of benzene rings is 2. The topological polar surface area (TPSA) is 84.1 Å². The zero-order chi connectivity index (χ0) is 18.8. The van der Waals surface area contributed by atoms with Gasteiger partial charge in [-0.15, -0.1) is 0 Å². The average molecular weight is 363 g/mol. The second kappa shape index (κ2) is 7.23. The van der Waals surface area contributed by atoms with E-state index in [0.717, 1.165) is 18.4 Å². The van der Waals surface area contributed by atoms with Gasteiger partial charge in [0.2, 0.25) is 5.91 Å². The maximum Gasteiger partial charge on any atom is 0.359 e. The van der Waals surface area contributed by atoms with Crippen LogP contribution in [0, 0.1) is 0 Å². The van der Waals surface area contributed by atoms with Crippen LogP contribution in [0.15, 0.2) is 36.4 Å². The van der Waals surface area contributed by atoms with Gasteiger partial charge in [-0.1, -0.05) is 18.2 Å². The normalized spacial score (nSPS) is 13.2. The number of nitrogens with one attached hydrogen (secondary N) is 2. The highest BCUT2D eigenvalue weighted by atomic mass is 16.5. The lowest BCUT2D eigenvalue weighted by molar-refractivity contribution is -0.115. The first-order valence-electron chi connectivity index (χ1n) is 9.11. The summed E-state index contributed by atoms with van der Waals surface area (Å²) in [6, 6.07) is 11.6. The molecular weight excluding hydrogens is 342 g/mol. The molecule has 138 valence electrons. The first-order valence-corrected chi connectivity index (χ1v) is 9.11. The predicted octanol–water partition coefficient (Wildman–Crippen LogP) is 3.41. The quantitative estimate of drug-likeness (QED) is 0.696. The Morgan fingerprint density at radius 2 is 1.93 bits per heavy atom. The van der Waals surface area contributed by atoms with Crippen molar-refractivity contribution in [2.45, 2.75) is 32.1 Å². The van der Waals surface area contributed by atoms with E-state index in [1.165, 1.54) is 31.1 Å². The fourth-order valence-corrected chi connectivity index (χ4v) is 3.63. The van der Waals surface area contributed by atoms with Crippen molar-refractivity contribution in [3.63, 3.8) is 0 Å². The minimum atomic E-state index is -0.515. The lowest BCUT2D eigenvalue weighted by Gasteiger charge is -2.16. The number of amides is 1. The fraction of sp³-hybridized carbons (Fsp3) is 0.286. The van der Waals surface area contributed by atoms with Crippen LogP contribution < -0.4 is 5.32 Å². The number of rotatable bonds is 4. The van der Waals surface area contributed by atoms with Crippen molar-refractivity contribution >= 4 is 28.5 Å². The van der Waals surface area contributed by atoms with Crippen molar-refractivity contribution < 1.29 is 14.3 Å². The van der Waals surface area contributed by atoms with Gasteiger partial charge < -0.3 is 10.1 Å². The van der Waals surface area contributed by atoms with E-state index >= 15 is 0 Å². The van der Waals surface area contributed by atoms with E-state index in [9.17, 15) is 9.59 Å². The van der Waals surface area contributed by atoms with E-state index in [-0.39, 0.29) is 11.6 Å². The number of hydrogen-bond donors (Lipinski definition) is 2. The third-order valence-corrected chi connectivity index (χ3v) is 5.00. The summed E-state index contributed by atoms with van der Waals surface area (Å²) in [5, 5.41) is 10.3. The minimum Gasteiger partial charge on any atom is -0.464 e. The molecule has 3 aromatic rings. The molecule has 0 bridgehead atoms. The summed E-state index contributed by atoms with van der Waals surface area (Å²) in [5.74, 6) is -0.605. The fourth-order valence-electron chi connectivity index (χ4n) is 3.63. The van der Waals surface area contributed by atoms with Gasteiger partial charge in [0, 0.05) is 11.1 Å². The van der Waals surface area contributed by atoms with Crippen molar-refractivity contribution in [2.24, 2.45) is 0 Å². The molecule has 1 heterocycles. The molecule has 1 aliphatic rings. The molecule has 6 nitrogen and oxygen atoms in total. The number of nitrogens with zero attached hydrogens (tertiary/aromatic N) is 1. The molecule has 2 N–H and O–H groups in total.